The van der Waals surface area contributed by atoms with Gasteiger partial charge in [-0.25, -0.2) is 9.59 Å². The van der Waals surface area contributed by atoms with Gasteiger partial charge in [0.25, 0.3) is 0 Å². The molecule has 0 unspecified atom stereocenters. The first-order valence-corrected chi connectivity index (χ1v) is 16.0. The van der Waals surface area contributed by atoms with E-state index in [2.05, 4.69) is 10.6 Å². The molecule has 46 heavy (non-hydrogen) atoms. The molecule has 0 spiro atoms. The largest absolute Gasteiger partial charge is 0.493 e. The Labute approximate surface area is 271 Å². The van der Waals surface area contributed by atoms with Gasteiger partial charge < -0.3 is 39.1 Å². The van der Waals surface area contributed by atoms with Crippen LogP contribution in [0.25, 0.3) is 21.5 Å². The monoisotopic (exact) mass is 634 g/mol. The average molecular weight is 635 g/mol. The number of hydrogen-bond acceptors (Lipinski definition) is 8. The van der Waals surface area contributed by atoms with E-state index in [1.807, 2.05) is 90.1 Å². The van der Waals surface area contributed by atoms with Gasteiger partial charge in [-0.15, -0.1) is 0 Å². The lowest BCUT2D eigenvalue weighted by molar-refractivity contribution is 0.197. The van der Waals surface area contributed by atoms with E-state index >= 15 is 0 Å². The van der Waals surface area contributed by atoms with E-state index < -0.39 is 12.2 Å². The molecule has 0 aliphatic carbocycles. The van der Waals surface area contributed by atoms with Gasteiger partial charge in [0.1, 0.15) is 11.5 Å². The second kappa shape index (κ2) is 18.8. The highest BCUT2D eigenvalue weighted by atomic mass is 16.6. The lowest BCUT2D eigenvalue weighted by Gasteiger charge is -2.16. The molecule has 0 atom stereocenters. The molecule has 0 radical (unpaired) electrons. The van der Waals surface area contributed by atoms with E-state index in [4.69, 9.17) is 28.4 Å². The minimum Gasteiger partial charge on any atom is -0.493 e. The second-order valence-corrected chi connectivity index (χ2v) is 9.86. The molecule has 0 bridgehead atoms. The number of ether oxygens (including phenoxy) is 6. The first-order valence-electron chi connectivity index (χ1n) is 16.0. The number of nitrogens with one attached hydrogen (secondary N) is 2. The highest BCUT2D eigenvalue weighted by molar-refractivity contribution is 5.98. The molecule has 0 fully saturated rings. The van der Waals surface area contributed by atoms with Crippen LogP contribution in [-0.4, -0.2) is 51.7 Å². The van der Waals surface area contributed by atoms with Crippen LogP contribution in [-0.2, 0) is 0 Å². The number of amides is 2. The Morgan fingerprint density at radius 3 is 1.43 bits per heavy atom. The van der Waals surface area contributed by atoms with Crippen molar-refractivity contribution in [1.29, 1.82) is 0 Å². The summed E-state index contributed by atoms with van der Waals surface area (Å²) in [6.07, 6.45) is 0.742. The van der Waals surface area contributed by atoms with Crippen LogP contribution in [0.15, 0.2) is 60.7 Å². The number of hydrogen-bond donors (Lipinski definition) is 2. The van der Waals surface area contributed by atoms with Crippen LogP contribution >= 0.6 is 0 Å². The van der Waals surface area contributed by atoms with E-state index in [1.54, 1.807) is 12.1 Å². The molecule has 4 aromatic rings. The Bertz CT molecular complexity index is 1570. The third-order valence-corrected chi connectivity index (χ3v) is 6.47. The Hall–Kier alpha value is -4.86. The fourth-order valence-electron chi connectivity index (χ4n) is 4.58. The van der Waals surface area contributed by atoms with Crippen molar-refractivity contribution in [2.75, 3.05) is 39.5 Å². The summed E-state index contributed by atoms with van der Waals surface area (Å²) in [4.78, 5) is 23.9. The summed E-state index contributed by atoms with van der Waals surface area (Å²) in [6, 6.07) is 18.8. The summed E-state index contributed by atoms with van der Waals surface area (Å²) in [5.74, 6) is 3.34. The highest BCUT2D eigenvalue weighted by Crippen LogP contribution is 2.43. The zero-order valence-electron chi connectivity index (χ0n) is 27.7. The van der Waals surface area contributed by atoms with Gasteiger partial charge in [-0.3, -0.25) is 0 Å². The van der Waals surface area contributed by atoms with E-state index in [9.17, 15) is 9.59 Å². The maximum absolute atomic E-state index is 12.0. The van der Waals surface area contributed by atoms with Crippen LogP contribution in [0, 0.1) is 0 Å². The Morgan fingerprint density at radius 2 is 0.913 bits per heavy atom. The minimum atomic E-state index is -0.484. The van der Waals surface area contributed by atoms with Crippen molar-refractivity contribution in [1.82, 2.24) is 10.6 Å². The van der Waals surface area contributed by atoms with Crippen molar-refractivity contribution < 1.29 is 38.0 Å². The molecule has 4 rings (SSSR count). The molecular formula is C36H46N2O8. The topological polar surface area (TPSA) is 114 Å². The second-order valence-electron chi connectivity index (χ2n) is 9.86. The van der Waals surface area contributed by atoms with Crippen LogP contribution in [0.5, 0.6) is 34.5 Å². The predicted molar refractivity (Wildman–Crippen MR) is 181 cm³/mol. The zero-order chi connectivity index (χ0) is 33.3. The molecule has 2 amide bonds. The zero-order valence-corrected chi connectivity index (χ0v) is 27.7. The van der Waals surface area contributed by atoms with E-state index in [0.717, 1.165) is 34.4 Å². The molecule has 0 aliphatic rings. The van der Waals surface area contributed by atoms with Gasteiger partial charge in [-0.05, 0) is 40.5 Å². The lowest BCUT2D eigenvalue weighted by Crippen LogP contribution is -2.27. The molecule has 0 saturated heterocycles. The molecule has 10 nitrogen and oxygen atoms in total. The smallest absolute Gasteiger partial charge is 0.412 e. The van der Waals surface area contributed by atoms with E-state index in [0.29, 0.717) is 74.0 Å². The molecule has 2 N–H and O–H groups in total. The maximum atomic E-state index is 12.0. The molecule has 0 saturated carbocycles. The average Bonchev–Trinajstić information content (AvgIpc) is 3.06. The summed E-state index contributed by atoms with van der Waals surface area (Å²) >= 11 is 0. The predicted octanol–water partition coefficient (Wildman–Crippen LogP) is 8.27. The standard InChI is InChI=1S/2C18H23NO4/c1-4-11-19-18(20)23-15-12-16(21-5-2)17(22-6-3)14-10-8-7-9-13(14)15;1-4-11-19-18(20)23-17-14-10-8-7-9-13(14)15(21-5-2)12-16(17)22-6-3/h2*7-10,12H,4-6,11H2,1-3H3,(H,19,20). The van der Waals surface area contributed by atoms with Gasteiger partial charge in [0.15, 0.2) is 23.0 Å². The number of carbonyl (C=O) groups excluding carboxylic acids is 2. The quantitative estimate of drug-likeness (QED) is 0.143. The third-order valence-electron chi connectivity index (χ3n) is 6.47. The van der Waals surface area contributed by atoms with Gasteiger partial charge in [0.2, 0.25) is 0 Å². The van der Waals surface area contributed by atoms with E-state index in [1.165, 1.54) is 0 Å². The summed E-state index contributed by atoms with van der Waals surface area (Å²) in [5.41, 5.74) is 0. The van der Waals surface area contributed by atoms with Crippen LogP contribution in [0.1, 0.15) is 54.4 Å². The summed E-state index contributed by atoms with van der Waals surface area (Å²) < 4.78 is 33.7. The molecule has 4 aromatic carbocycles. The Balaban J connectivity index is 0.000000250. The fraction of sp³-hybridized carbons (Fsp3) is 0.389. The van der Waals surface area contributed by atoms with Crippen molar-refractivity contribution in [3.8, 4) is 34.5 Å². The van der Waals surface area contributed by atoms with Gasteiger partial charge in [-0.2, -0.15) is 0 Å². The highest BCUT2D eigenvalue weighted by Gasteiger charge is 2.19. The number of carbonyl (C=O) groups is 2. The molecular weight excluding hydrogens is 588 g/mol. The minimum absolute atomic E-state index is 0.416. The summed E-state index contributed by atoms with van der Waals surface area (Å²) in [5, 5.41) is 8.75. The molecule has 0 heterocycles. The molecule has 10 heteroatoms. The van der Waals surface area contributed by atoms with Gasteiger partial charge >= 0.3 is 12.2 Å². The van der Waals surface area contributed by atoms with Crippen molar-refractivity contribution in [3.05, 3.63) is 60.7 Å². The summed E-state index contributed by atoms with van der Waals surface area (Å²) in [6.45, 7) is 14.8. The maximum Gasteiger partial charge on any atom is 0.412 e. The Morgan fingerprint density at radius 1 is 0.500 bits per heavy atom. The van der Waals surface area contributed by atoms with Crippen molar-refractivity contribution >= 4 is 33.7 Å². The third kappa shape index (κ3) is 9.57. The number of fused-ring (bicyclic) bond motifs is 2. The SMILES string of the molecule is CCCNC(=O)Oc1c(OCC)cc(OCC)c2ccccc12.CCCNC(=O)Oc1cc(OCC)c(OCC)c2ccccc12. The van der Waals surface area contributed by atoms with Crippen LogP contribution < -0.4 is 39.1 Å². The van der Waals surface area contributed by atoms with Crippen molar-refractivity contribution in [2.24, 2.45) is 0 Å². The number of rotatable bonds is 14. The Kier molecular flexibility index (Phi) is 14.6. The van der Waals surface area contributed by atoms with Gasteiger partial charge in [0.05, 0.1) is 26.4 Å². The van der Waals surface area contributed by atoms with Gasteiger partial charge in [0, 0.05) is 46.8 Å². The first-order chi connectivity index (χ1) is 22.4. The number of benzene rings is 4. The van der Waals surface area contributed by atoms with Crippen LogP contribution in [0.4, 0.5) is 9.59 Å². The lowest BCUT2D eigenvalue weighted by atomic mass is 10.1. The van der Waals surface area contributed by atoms with Crippen molar-refractivity contribution in [3.63, 3.8) is 0 Å². The van der Waals surface area contributed by atoms with Gasteiger partial charge in [-0.1, -0.05) is 62.4 Å². The fourth-order valence-corrected chi connectivity index (χ4v) is 4.58. The first kappa shape index (κ1) is 35.6. The summed E-state index contributed by atoms with van der Waals surface area (Å²) in [7, 11) is 0. The van der Waals surface area contributed by atoms with Crippen molar-refractivity contribution in [2.45, 2.75) is 54.4 Å². The molecule has 0 aliphatic heterocycles. The molecule has 0 aromatic heterocycles. The molecule has 248 valence electrons. The van der Waals surface area contributed by atoms with Crippen LogP contribution in [0.2, 0.25) is 0 Å². The van der Waals surface area contributed by atoms with Crippen LogP contribution in [0.3, 0.4) is 0 Å². The van der Waals surface area contributed by atoms with E-state index in [-0.39, 0.29) is 0 Å². The normalized spacial score (nSPS) is 10.4.